The lowest BCUT2D eigenvalue weighted by atomic mass is 10.0. The van der Waals surface area contributed by atoms with Crippen molar-refractivity contribution in [3.63, 3.8) is 0 Å². The molecule has 4 rings (SSSR count). The minimum Gasteiger partial charge on any atom is -0.481 e. The number of halogens is 2. The number of hydrogen-bond acceptors (Lipinski definition) is 2. The molecule has 0 aliphatic carbocycles. The monoisotopic (exact) mass is 474 g/mol. The first kappa shape index (κ1) is 20.5. The van der Waals surface area contributed by atoms with Gasteiger partial charge in [-0.3, -0.25) is 4.79 Å². The summed E-state index contributed by atoms with van der Waals surface area (Å²) in [5.74, 6) is -0.797. The van der Waals surface area contributed by atoms with Crippen LogP contribution in [0.25, 0.3) is 10.9 Å². The Hall–Kier alpha value is -1.82. The Morgan fingerprint density at radius 1 is 1.10 bits per heavy atom. The molecule has 29 heavy (non-hydrogen) atoms. The molecule has 1 aliphatic heterocycles. The van der Waals surface area contributed by atoms with Crippen LogP contribution < -0.4 is 0 Å². The van der Waals surface area contributed by atoms with E-state index in [0.717, 1.165) is 65.0 Å². The van der Waals surface area contributed by atoms with Gasteiger partial charge in [0.05, 0.1) is 11.0 Å². The fourth-order valence-electron chi connectivity index (χ4n) is 4.27. The molecular formula is C23H24BrClN2O2. The molecule has 1 aromatic heterocycles. The molecule has 0 unspecified atom stereocenters. The predicted octanol–water partition coefficient (Wildman–Crippen LogP) is 5.56. The Morgan fingerprint density at radius 2 is 1.90 bits per heavy atom. The van der Waals surface area contributed by atoms with E-state index >= 15 is 0 Å². The summed E-state index contributed by atoms with van der Waals surface area (Å²) in [7, 11) is 0. The fraction of sp³-hybridized carbons (Fsp3) is 0.348. The van der Waals surface area contributed by atoms with Crippen LogP contribution in [0.3, 0.4) is 0 Å². The summed E-state index contributed by atoms with van der Waals surface area (Å²) >= 11 is 9.81. The van der Waals surface area contributed by atoms with E-state index in [9.17, 15) is 4.79 Å². The standard InChI is InChI=1S/C23H24BrClN2O2/c24-22-15-18-5-4-17(14-23(28)29)13-21(18)27(22)20-7-10-26(11-8-20)9-6-16-2-1-3-19(25)12-16/h1-5,12-13,15,20H,6-11,14H2,(H,28,29). The number of aliphatic carboxylic acids is 1. The van der Waals surface area contributed by atoms with Crippen LogP contribution >= 0.6 is 27.5 Å². The molecule has 2 heterocycles. The highest BCUT2D eigenvalue weighted by Crippen LogP contribution is 2.33. The van der Waals surface area contributed by atoms with Gasteiger partial charge in [0.25, 0.3) is 0 Å². The fourth-order valence-corrected chi connectivity index (χ4v) is 5.21. The number of hydrogen-bond donors (Lipinski definition) is 1. The lowest BCUT2D eigenvalue weighted by Gasteiger charge is -2.33. The van der Waals surface area contributed by atoms with Gasteiger partial charge in [0.2, 0.25) is 0 Å². The summed E-state index contributed by atoms with van der Waals surface area (Å²) < 4.78 is 3.41. The Bertz CT molecular complexity index is 1020. The van der Waals surface area contributed by atoms with Crippen molar-refractivity contribution in [2.24, 2.45) is 0 Å². The van der Waals surface area contributed by atoms with Gasteiger partial charge < -0.3 is 14.6 Å². The van der Waals surface area contributed by atoms with Gasteiger partial charge in [-0.2, -0.15) is 0 Å². The van der Waals surface area contributed by atoms with Crippen LogP contribution in [0.5, 0.6) is 0 Å². The van der Waals surface area contributed by atoms with E-state index < -0.39 is 5.97 Å². The molecule has 3 aromatic rings. The summed E-state index contributed by atoms with van der Waals surface area (Å²) in [5, 5.41) is 11.1. The average Bonchev–Trinajstić information content (AvgIpc) is 3.01. The van der Waals surface area contributed by atoms with E-state index in [4.69, 9.17) is 16.7 Å². The number of carboxylic acid groups (broad SMARTS) is 1. The van der Waals surface area contributed by atoms with Gasteiger partial charge in [-0.25, -0.2) is 0 Å². The maximum Gasteiger partial charge on any atom is 0.307 e. The number of fused-ring (bicyclic) bond motifs is 1. The number of nitrogens with zero attached hydrogens (tertiary/aromatic N) is 2. The molecule has 1 saturated heterocycles. The molecule has 2 aromatic carbocycles. The summed E-state index contributed by atoms with van der Waals surface area (Å²) in [6.45, 7) is 3.17. The Morgan fingerprint density at radius 3 is 2.62 bits per heavy atom. The quantitative estimate of drug-likeness (QED) is 0.507. The van der Waals surface area contributed by atoms with Crippen molar-refractivity contribution in [2.75, 3.05) is 19.6 Å². The van der Waals surface area contributed by atoms with Gasteiger partial charge in [0, 0.05) is 41.6 Å². The van der Waals surface area contributed by atoms with Gasteiger partial charge in [-0.15, -0.1) is 0 Å². The van der Waals surface area contributed by atoms with Crippen molar-refractivity contribution in [1.82, 2.24) is 9.47 Å². The molecule has 1 aliphatic rings. The van der Waals surface area contributed by atoms with Crippen LogP contribution in [-0.4, -0.2) is 40.2 Å². The van der Waals surface area contributed by atoms with E-state index in [2.05, 4.69) is 37.5 Å². The SMILES string of the molecule is O=C(O)Cc1ccc2cc(Br)n(C3CCN(CCc4cccc(Cl)c4)CC3)c2c1. The lowest BCUT2D eigenvalue weighted by Crippen LogP contribution is -2.36. The second-order valence-corrected chi connectivity index (χ2v) is 9.00. The Labute approximate surface area is 184 Å². The van der Waals surface area contributed by atoms with Crippen molar-refractivity contribution < 1.29 is 9.90 Å². The number of aromatic nitrogens is 1. The molecule has 0 radical (unpaired) electrons. The van der Waals surface area contributed by atoms with Crippen LogP contribution in [-0.2, 0) is 17.6 Å². The van der Waals surface area contributed by atoms with Crippen LogP contribution in [0, 0.1) is 0 Å². The van der Waals surface area contributed by atoms with Crippen LogP contribution in [0.15, 0.2) is 53.1 Å². The molecule has 1 fully saturated rings. The van der Waals surface area contributed by atoms with Crippen molar-refractivity contribution in [3.8, 4) is 0 Å². The number of rotatable bonds is 6. The van der Waals surface area contributed by atoms with Gasteiger partial charge in [0.1, 0.15) is 0 Å². The second kappa shape index (κ2) is 8.90. The third-order valence-corrected chi connectivity index (χ3v) is 6.59. The van der Waals surface area contributed by atoms with Crippen molar-refractivity contribution in [1.29, 1.82) is 0 Å². The van der Waals surface area contributed by atoms with Gasteiger partial charge in [0.15, 0.2) is 0 Å². The summed E-state index contributed by atoms with van der Waals surface area (Å²) in [6.07, 6.45) is 3.24. The topological polar surface area (TPSA) is 45.5 Å². The minimum absolute atomic E-state index is 0.0562. The van der Waals surface area contributed by atoms with E-state index in [-0.39, 0.29) is 6.42 Å². The third-order valence-electron chi connectivity index (χ3n) is 5.74. The second-order valence-electron chi connectivity index (χ2n) is 7.75. The van der Waals surface area contributed by atoms with E-state index in [1.54, 1.807) is 0 Å². The molecule has 152 valence electrons. The maximum absolute atomic E-state index is 11.1. The van der Waals surface area contributed by atoms with Crippen molar-refractivity contribution >= 4 is 44.4 Å². The van der Waals surface area contributed by atoms with E-state index in [1.807, 2.05) is 36.4 Å². The Balaban J connectivity index is 1.43. The van der Waals surface area contributed by atoms with Crippen LogP contribution in [0.4, 0.5) is 0 Å². The third kappa shape index (κ3) is 4.85. The first-order valence-electron chi connectivity index (χ1n) is 9.97. The minimum atomic E-state index is -0.797. The van der Waals surface area contributed by atoms with Crippen LogP contribution in [0.2, 0.25) is 5.02 Å². The largest absolute Gasteiger partial charge is 0.481 e. The van der Waals surface area contributed by atoms with E-state index in [1.165, 1.54) is 5.56 Å². The molecule has 6 heteroatoms. The van der Waals surface area contributed by atoms with Gasteiger partial charge >= 0.3 is 5.97 Å². The zero-order chi connectivity index (χ0) is 20.4. The highest BCUT2D eigenvalue weighted by atomic mass is 79.9. The molecule has 0 spiro atoms. The highest BCUT2D eigenvalue weighted by Gasteiger charge is 2.23. The predicted molar refractivity (Wildman–Crippen MR) is 121 cm³/mol. The van der Waals surface area contributed by atoms with E-state index in [0.29, 0.717) is 6.04 Å². The first-order chi connectivity index (χ1) is 14.0. The highest BCUT2D eigenvalue weighted by molar-refractivity contribution is 9.10. The maximum atomic E-state index is 11.1. The Kier molecular flexibility index (Phi) is 6.28. The molecular weight excluding hydrogens is 452 g/mol. The molecule has 4 nitrogen and oxygen atoms in total. The molecule has 0 atom stereocenters. The zero-order valence-corrected chi connectivity index (χ0v) is 18.5. The number of carbonyl (C=O) groups is 1. The normalized spacial score (nSPS) is 15.8. The molecule has 0 bridgehead atoms. The van der Waals surface area contributed by atoms with Gasteiger partial charge in [-0.05, 0) is 70.6 Å². The first-order valence-corrected chi connectivity index (χ1v) is 11.1. The zero-order valence-electron chi connectivity index (χ0n) is 16.2. The summed E-state index contributed by atoms with van der Waals surface area (Å²) in [5.41, 5.74) is 3.24. The molecule has 1 N–H and O–H groups in total. The lowest BCUT2D eigenvalue weighted by molar-refractivity contribution is -0.136. The van der Waals surface area contributed by atoms with Crippen molar-refractivity contribution in [3.05, 3.63) is 69.3 Å². The number of carboxylic acids is 1. The van der Waals surface area contributed by atoms with Gasteiger partial charge in [-0.1, -0.05) is 35.9 Å². The average molecular weight is 476 g/mol. The number of piperidine rings is 1. The number of benzene rings is 2. The van der Waals surface area contributed by atoms with Crippen molar-refractivity contribution in [2.45, 2.75) is 31.7 Å². The number of likely N-dealkylation sites (tertiary alicyclic amines) is 1. The summed E-state index contributed by atoms with van der Waals surface area (Å²) in [4.78, 5) is 13.6. The summed E-state index contributed by atoms with van der Waals surface area (Å²) in [6, 6.07) is 16.6. The van der Waals surface area contributed by atoms with Crippen LogP contribution in [0.1, 0.15) is 30.0 Å². The smallest absolute Gasteiger partial charge is 0.307 e. The molecule has 0 saturated carbocycles. The molecule has 0 amide bonds.